The number of benzene rings is 2. The zero-order valence-electron chi connectivity index (χ0n) is 11.9. The number of phenolic OH excluding ortho intramolecular Hbond substituents is 1. The molecule has 0 aliphatic rings. The van der Waals surface area contributed by atoms with Crippen molar-refractivity contribution >= 4 is 5.78 Å². The molecule has 0 aromatic heterocycles. The van der Waals surface area contributed by atoms with E-state index >= 15 is 0 Å². The van der Waals surface area contributed by atoms with E-state index in [1.54, 1.807) is 0 Å². The van der Waals surface area contributed by atoms with E-state index in [0.29, 0.717) is 12.2 Å². The molecule has 0 aliphatic heterocycles. The quantitative estimate of drug-likeness (QED) is 0.859. The topological polar surface area (TPSA) is 46.5 Å². The molecule has 0 amide bonds. The van der Waals surface area contributed by atoms with Crippen LogP contribution in [0.2, 0.25) is 0 Å². The molecule has 0 saturated carbocycles. The highest BCUT2D eigenvalue weighted by atomic mass is 16.5. The molecule has 3 nitrogen and oxygen atoms in total. The van der Waals surface area contributed by atoms with Crippen LogP contribution in [0.25, 0.3) is 11.1 Å². The molecule has 3 heteroatoms. The number of methoxy groups -OCH3 is 1. The van der Waals surface area contributed by atoms with E-state index in [2.05, 4.69) is 0 Å². The molecule has 0 bridgehead atoms. The molecule has 20 heavy (non-hydrogen) atoms. The number of phenols is 1. The SMILES string of the molecule is CCc1cc(-c2ccccc2)c(OC)c(C(C)=O)c1O. The number of rotatable bonds is 4. The Hall–Kier alpha value is -2.29. The standard InChI is InChI=1S/C17H18O3/c1-4-12-10-14(13-8-6-5-7-9-13)17(20-3)15(11(2)18)16(12)19/h5-10,19H,4H2,1-3H3. The summed E-state index contributed by atoms with van der Waals surface area (Å²) in [5, 5.41) is 10.2. The molecule has 104 valence electrons. The van der Waals surface area contributed by atoms with Crippen LogP contribution in [-0.2, 0) is 6.42 Å². The van der Waals surface area contributed by atoms with Gasteiger partial charge >= 0.3 is 0 Å². The van der Waals surface area contributed by atoms with Crippen LogP contribution >= 0.6 is 0 Å². The molecule has 0 fully saturated rings. The summed E-state index contributed by atoms with van der Waals surface area (Å²) in [5.41, 5.74) is 2.79. The van der Waals surface area contributed by atoms with E-state index in [0.717, 1.165) is 16.7 Å². The average molecular weight is 270 g/mol. The van der Waals surface area contributed by atoms with Gasteiger partial charge in [-0.25, -0.2) is 0 Å². The van der Waals surface area contributed by atoms with Gasteiger partial charge in [0.1, 0.15) is 17.1 Å². The number of Topliss-reactive ketones (excluding diaryl/α,β-unsaturated/α-hetero) is 1. The molecule has 0 spiro atoms. The van der Waals surface area contributed by atoms with Crippen LogP contribution in [0.5, 0.6) is 11.5 Å². The maximum atomic E-state index is 11.9. The van der Waals surface area contributed by atoms with Gasteiger partial charge in [-0.1, -0.05) is 37.3 Å². The van der Waals surface area contributed by atoms with Crippen LogP contribution < -0.4 is 4.74 Å². The van der Waals surface area contributed by atoms with Gasteiger partial charge in [-0.05, 0) is 30.5 Å². The third-order valence-corrected chi connectivity index (χ3v) is 3.35. The fourth-order valence-corrected chi connectivity index (χ4v) is 2.35. The minimum absolute atomic E-state index is 0.0246. The normalized spacial score (nSPS) is 10.3. The Balaban J connectivity index is 2.80. The first-order chi connectivity index (χ1) is 9.60. The van der Waals surface area contributed by atoms with Crippen LogP contribution in [0, 0.1) is 0 Å². The Morgan fingerprint density at radius 2 is 1.90 bits per heavy atom. The van der Waals surface area contributed by atoms with Crippen molar-refractivity contribution in [1.29, 1.82) is 0 Å². The molecule has 0 unspecified atom stereocenters. The van der Waals surface area contributed by atoms with E-state index in [9.17, 15) is 9.90 Å². The van der Waals surface area contributed by atoms with E-state index in [1.165, 1.54) is 14.0 Å². The molecule has 2 rings (SSSR count). The van der Waals surface area contributed by atoms with Crippen LogP contribution in [0.15, 0.2) is 36.4 Å². The van der Waals surface area contributed by atoms with Gasteiger partial charge in [0, 0.05) is 5.56 Å². The minimum Gasteiger partial charge on any atom is -0.507 e. The number of ether oxygens (including phenoxy) is 1. The highest BCUT2D eigenvalue weighted by Crippen LogP contribution is 2.40. The van der Waals surface area contributed by atoms with Gasteiger partial charge in [-0.15, -0.1) is 0 Å². The summed E-state index contributed by atoms with van der Waals surface area (Å²) in [4.78, 5) is 11.9. The fraction of sp³-hybridized carbons (Fsp3) is 0.235. The predicted octanol–water partition coefficient (Wildman–Crippen LogP) is 3.83. The summed E-state index contributed by atoms with van der Waals surface area (Å²) in [6, 6.07) is 11.6. The molecular weight excluding hydrogens is 252 g/mol. The molecule has 0 saturated heterocycles. The minimum atomic E-state index is -0.202. The van der Waals surface area contributed by atoms with Gasteiger partial charge < -0.3 is 9.84 Å². The number of hydrogen-bond donors (Lipinski definition) is 1. The third kappa shape index (κ3) is 2.39. The van der Waals surface area contributed by atoms with Gasteiger partial charge in [0.05, 0.1) is 7.11 Å². The van der Waals surface area contributed by atoms with Crippen molar-refractivity contribution in [1.82, 2.24) is 0 Å². The number of carbonyl (C=O) groups is 1. The largest absolute Gasteiger partial charge is 0.507 e. The van der Waals surface area contributed by atoms with Crippen molar-refractivity contribution in [2.45, 2.75) is 20.3 Å². The number of aromatic hydroxyl groups is 1. The molecule has 0 atom stereocenters. The maximum absolute atomic E-state index is 11.9. The monoisotopic (exact) mass is 270 g/mol. The van der Waals surface area contributed by atoms with Gasteiger partial charge in [0.25, 0.3) is 0 Å². The number of hydrogen-bond acceptors (Lipinski definition) is 3. The van der Waals surface area contributed by atoms with Crippen molar-refractivity contribution in [2.24, 2.45) is 0 Å². The maximum Gasteiger partial charge on any atom is 0.167 e. The van der Waals surface area contributed by atoms with Gasteiger partial charge in [-0.3, -0.25) is 4.79 Å². The highest BCUT2D eigenvalue weighted by Gasteiger charge is 2.21. The van der Waals surface area contributed by atoms with E-state index in [1.807, 2.05) is 43.3 Å². The Bertz CT molecular complexity index is 630. The van der Waals surface area contributed by atoms with E-state index < -0.39 is 0 Å². The summed E-state index contributed by atoms with van der Waals surface area (Å²) in [7, 11) is 1.51. The molecule has 0 radical (unpaired) electrons. The molecule has 2 aromatic rings. The van der Waals surface area contributed by atoms with Crippen LogP contribution in [0.4, 0.5) is 0 Å². The fourth-order valence-electron chi connectivity index (χ4n) is 2.35. The molecule has 2 aromatic carbocycles. The molecule has 0 aliphatic carbocycles. The lowest BCUT2D eigenvalue weighted by atomic mass is 9.94. The van der Waals surface area contributed by atoms with E-state index in [4.69, 9.17) is 4.74 Å². The predicted molar refractivity (Wildman–Crippen MR) is 79.5 cm³/mol. The Morgan fingerprint density at radius 3 is 2.40 bits per heavy atom. The first-order valence-electron chi connectivity index (χ1n) is 6.59. The van der Waals surface area contributed by atoms with Crippen LogP contribution in [0.1, 0.15) is 29.8 Å². The van der Waals surface area contributed by atoms with Gasteiger partial charge in [-0.2, -0.15) is 0 Å². The Kier molecular flexibility index (Phi) is 4.08. The first-order valence-corrected chi connectivity index (χ1v) is 6.59. The van der Waals surface area contributed by atoms with Gasteiger partial charge in [0.2, 0.25) is 0 Å². The van der Waals surface area contributed by atoms with Crippen LogP contribution in [0.3, 0.4) is 0 Å². The number of carbonyl (C=O) groups excluding carboxylic acids is 1. The van der Waals surface area contributed by atoms with E-state index in [-0.39, 0.29) is 17.1 Å². The summed E-state index contributed by atoms with van der Waals surface area (Å²) < 4.78 is 5.39. The van der Waals surface area contributed by atoms with Crippen molar-refractivity contribution in [3.8, 4) is 22.6 Å². The molecule has 1 N–H and O–H groups in total. The second-order valence-electron chi connectivity index (χ2n) is 4.62. The van der Waals surface area contributed by atoms with Crippen molar-refractivity contribution in [3.05, 3.63) is 47.5 Å². The number of aryl methyl sites for hydroxylation is 1. The Labute approximate surface area is 118 Å². The van der Waals surface area contributed by atoms with Gasteiger partial charge in [0.15, 0.2) is 5.78 Å². The number of ketones is 1. The van der Waals surface area contributed by atoms with Crippen LogP contribution in [-0.4, -0.2) is 18.0 Å². The third-order valence-electron chi connectivity index (χ3n) is 3.35. The summed E-state index contributed by atoms with van der Waals surface area (Å²) in [5.74, 6) is 0.252. The average Bonchev–Trinajstić information content (AvgIpc) is 2.47. The second-order valence-corrected chi connectivity index (χ2v) is 4.62. The summed E-state index contributed by atoms with van der Waals surface area (Å²) in [6.45, 7) is 3.38. The molecular formula is C17H18O3. The highest BCUT2D eigenvalue weighted by molar-refractivity contribution is 6.02. The summed E-state index contributed by atoms with van der Waals surface area (Å²) in [6.07, 6.45) is 0.649. The zero-order valence-corrected chi connectivity index (χ0v) is 11.9. The van der Waals surface area contributed by atoms with Crippen molar-refractivity contribution < 1.29 is 14.6 Å². The smallest absolute Gasteiger partial charge is 0.167 e. The summed E-state index contributed by atoms with van der Waals surface area (Å²) >= 11 is 0. The van der Waals surface area contributed by atoms with Crippen molar-refractivity contribution in [3.63, 3.8) is 0 Å². The molecule has 0 heterocycles. The lowest BCUT2D eigenvalue weighted by Gasteiger charge is -2.16. The Morgan fingerprint density at radius 1 is 1.25 bits per heavy atom. The lowest BCUT2D eigenvalue weighted by Crippen LogP contribution is -2.02. The van der Waals surface area contributed by atoms with Crippen molar-refractivity contribution in [2.75, 3.05) is 7.11 Å². The zero-order chi connectivity index (χ0) is 14.7. The second kappa shape index (κ2) is 5.78. The first kappa shape index (κ1) is 14.1. The lowest BCUT2D eigenvalue weighted by molar-refractivity contribution is 0.101.